The molecule has 62 heavy (non-hydrogen) atoms. The van der Waals surface area contributed by atoms with Crippen LogP contribution in [0.15, 0.2) is 138 Å². The molecule has 2 aliphatic heterocycles. The molecule has 0 saturated carbocycles. The zero-order valence-corrected chi connectivity index (χ0v) is 39.7. The second kappa shape index (κ2) is 23.7. The van der Waals surface area contributed by atoms with Crippen LogP contribution in [0.3, 0.4) is 0 Å². The van der Waals surface area contributed by atoms with Gasteiger partial charge in [-0.05, 0) is 52.4 Å². The van der Waals surface area contributed by atoms with Crippen LogP contribution in [0.4, 0.5) is 0 Å². The molecule has 6 rings (SSSR count). The van der Waals surface area contributed by atoms with Crippen LogP contribution in [0.1, 0.15) is 78.0 Å². The molecule has 1 fully saturated rings. The first-order valence-corrected chi connectivity index (χ1v) is 25.6. The van der Waals surface area contributed by atoms with E-state index in [1.54, 1.807) is 11.8 Å². The lowest BCUT2D eigenvalue weighted by Gasteiger charge is -2.55. The first kappa shape index (κ1) is 48.3. The van der Waals surface area contributed by atoms with Crippen LogP contribution in [0.25, 0.3) is 0 Å². The third-order valence-corrected chi connectivity index (χ3v) is 19.8. The highest BCUT2D eigenvalue weighted by atomic mass is 32.2. The minimum atomic E-state index is -2.51. The summed E-state index contributed by atoms with van der Waals surface area (Å²) in [5.74, 6) is 0. The smallest absolute Gasteiger partial charge is 0.200 e. The van der Waals surface area contributed by atoms with Gasteiger partial charge in [0.25, 0.3) is 0 Å². The predicted octanol–water partition coefficient (Wildman–Crippen LogP) is 11.3. The van der Waals surface area contributed by atoms with E-state index in [0.29, 0.717) is 62.5 Å². The fraction of sp³-hybridized carbons (Fsp3) is 0.500. The topological polar surface area (TPSA) is 84.8 Å². The molecule has 2 aliphatic rings. The fourth-order valence-corrected chi connectivity index (χ4v) is 16.1. The summed E-state index contributed by atoms with van der Waals surface area (Å²) >= 11 is 1.64. The molecule has 0 bridgehead atoms. The molecular weight excluding hydrogens is 813 g/mol. The molecular formula is C52H70O8SSi. The summed E-state index contributed by atoms with van der Waals surface area (Å²) in [6.07, 6.45) is 2.43. The third kappa shape index (κ3) is 12.8. The summed E-state index contributed by atoms with van der Waals surface area (Å²) in [7, 11) is -2.51. The maximum absolute atomic E-state index is 10.4. The zero-order chi connectivity index (χ0) is 44.0. The van der Waals surface area contributed by atoms with Gasteiger partial charge in [-0.2, -0.15) is 0 Å². The van der Waals surface area contributed by atoms with Gasteiger partial charge in [-0.3, -0.25) is 0 Å². The molecule has 0 amide bonds. The van der Waals surface area contributed by atoms with Crippen molar-refractivity contribution in [3.63, 3.8) is 0 Å². The highest BCUT2D eigenvalue weighted by Crippen LogP contribution is 2.48. The minimum absolute atomic E-state index is 0.149. The van der Waals surface area contributed by atoms with Crippen molar-refractivity contribution in [3.05, 3.63) is 150 Å². The first-order valence-electron chi connectivity index (χ1n) is 22.6. The number of benzene rings is 4. The summed E-state index contributed by atoms with van der Waals surface area (Å²) in [6.45, 7) is 18.0. The van der Waals surface area contributed by atoms with E-state index in [1.165, 1.54) is 0 Å². The molecule has 0 aliphatic carbocycles. The number of thioether (sulfide) groups is 1. The van der Waals surface area contributed by atoms with Crippen LogP contribution < -0.4 is 0 Å². The molecule has 8 nitrogen and oxygen atoms in total. The van der Waals surface area contributed by atoms with Crippen LogP contribution in [-0.2, 0) is 52.7 Å². The van der Waals surface area contributed by atoms with Crippen LogP contribution in [0.2, 0.25) is 16.6 Å². The Bertz CT molecular complexity index is 1860. The summed E-state index contributed by atoms with van der Waals surface area (Å²) < 4.78 is 49.1. The minimum Gasteiger partial charge on any atom is -0.410 e. The Morgan fingerprint density at radius 3 is 1.84 bits per heavy atom. The van der Waals surface area contributed by atoms with Gasteiger partial charge >= 0.3 is 0 Å². The van der Waals surface area contributed by atoms with E-state index >= 15 is 0 Å². The Hall–Kier alpha value is -3.13. The Morgan fingerprint density at radius 1 is 0.726 bits per heavy atom. The van der Waals surface area contributed by atoms with Crippen molar-refractivity contribution in [1.82, 2.24) is 0 Å². The zero-order valence-electron chi connectivity index (χ0n) is 37.8. The summed E-state index contributed by atoms with van der Waals surface area (Å²) in [5, 5.41) is 10.4. The molecule has 336 valence electrons. The maximum Gasteiger partial charge on any atom is 0.200 e. The van der Waals surface area contributed by atoms with Gasteiger partial charge in [-0.15, -0.1) is 0 Å². The van der Waals surface area contributed by atoms with Gasteiger partial charge in [0.2, 0.25) is 8.32 Å². The van der Waals surface area contributed by atoms with Crippen molar-refractivity contribution in [1.29, 1.82) is 0 Å². The van der Waals surface area contributed by atoms with Crippen molar-refractivity contribution < 1.29 is 38.0 Å². The lowest BCUT2D eigenvalue weighted by molar-refractivity contribution is -0.277. The SMILES string of the molecule is CC(C)[Si](O[C@@H]1C[C@H](OCc2ccccc2)[C@@H](COCc2ccccc2)O[C@@]1(C)[C@@H](C[C@@H](O[C@H]1C=CCO[C@@H]1CO)Sc1ccccc1)OCc1ccccc1)(C(C)C)C(C)C. The van der Waals surface area contributed by atoms with Crippen LogP contribution in [0.5, 0.6) is 0 Å². The van der Waals surface area contributed by atoms with E-state index < -0.39 is 49.9 Å². The third-order valence-electron chi connectivity index (χ3n) is 12.6. The number of hydrogen-bond donors (Lipinski definition) is 1. The van der Waals surface area contributed by atoms with Gasteiger partial charge < -0.3 is 38.0 Å². The Morgan fingerprint density at radius 2 is 1.27 bits per heavy atom. The monoisotopic (exact) mass is 882 g/mol. The molecule has 0 unspecified atom stereocenters. The van der Waals surface area contributed by atoms with Gasteiger partial charge in [-0.1, -0.05) is 175 Å². The molecule has 1 saturated heterocycles. The van der Waals surface area contributed by atoms with Gasteiger partial charge in [0.1, 0.15) is 29.3 Å². The molecule has 0 spiro atoms. The second-order valence-corrected chi connectivity index (χ2v) is 24.4. The first-order chi connectivity index (χ1) is 30.0. The normalized spacial score (nSPS) is 24.1. The van der Waals surface area contributed by atoms with Gasteiger partial charge in [-0.25, -0.2) is 0 Å². The van der Waals surface area contributed by atoms with E-state index in [2.05, 4.69) is 97.0 Å². The van der Waals surface area contributed by atoms with Crippen LogP contribution in [0, 0.1) is 0 Å². The standard InChI is InChI=1S/C52H70O8SSi/c1-38(2)62(39(3)4,40(5)6)60-50-31-46(56-35-42-23-14-9-15-24-42)48(37-54-34-41-21-12-8-13-22-41)59-52(50,7)49(57-36-43-25-16-10-17-26-43)32-51(61-44-27-18-11-19-28-44)58-45-29-20-30-55-47(45)33-53/h8-29,38-40,45-51,53H,30-37H2,1-7H3/t45-,46-,47+,48+,49+,50+,51-,52-/m0/s1. The van der Waals surface area contributed by atoms with Crippen LogP contribution in [-0.4, -0.2) is 80.9 Å². The van der Waals surface area contributed by atoms with E-state index in [4.69, 9.17) is 32.8 Å². The van der Waals surface area contributed by atoms with Crippen molar-refractivity contribution >= 4 is 20.1 Å². The number of aliphatic hydroxyl groups is 1. The molecule has 4 aromatic rings. The summed E-state index contributed by atoms with van der Waals surface area (Å²) in [4.78, 5) is 1.07. The van der Waals surface area contributed by atoms with Gasteiger partial charge in [0.15, 0.2) is 0 Å². The highest BCUT2D eigenvalue weighted by Gasteiger charge is 2.57. The van der Waals surface area contributed by atoms with Gasteiger partial charge in [0.05, 0.1) is 58.0 Å². The predicted molar refractivity (Wildman–Crippen MR) is 251 cm³/mol. The highest BCUT2D eigenvalue weighted by molar-refractivity contribution is 7.99. The van der Waals surface area contributed by atoms with E-state index in [0.717, 1.165) is 21.6 Å². The molecule has 1 N–H and O–H groups in total. The number of hydrogen-bond acceptors (Lipinski definition) is 9. The molecule has 0 radical (unpaired) electrons. The summed E-state index contributed by atoms with van der Waals surface area (Å²) in [5.41, 5.74) is 2.88. The van der Waals surface area contributed by atoms with Crippen molar-refractivity contribution in [2.75, 3.05) is 19.8 Å². The maximum atomic E-state index is 10.4. The van der Waals surface area contributed by atoms with E-state index in [1.807, 2.05) is 84.9 Å². The Kier molecular flexibility index (Phi) is 18.5. The Balaban J connectivity index is 1.43. The summed E-state index contributed by atoms with van der Waals surface area (Å²) in [6, 6.07) is 41.2. The lowest BCUT2D eigenvalue weighted by Crippen LogP contribution is -2.66. The number of ether oxygens (including phenoxy) is 6. The lowest BCUT2D eigenvalue weighted by atomic mass is 9.82. The number of aliphatic hydroxyl groups excluding tert-OH is 1. The number of rotatable bonds is 23. The molecule has 4 aromatic carbocycles. The quantitative estimate of drug-likeness (QED) is 0.0339. The second-order valence-electron chi connectivity index (χ2n) is 17.8. The molecule has 8 atom stereocenters. The Labute approximate surface area is 376 Å². The van der Waals surface area contributed by atoms with Crippen molar-refractivity contribution in [2.24, 2.45) is 0 Å². The molecule has 10 heteroatoms. The van der Waals surface area contributed by atoms with E-state index in [9.17, 15) is 5.11 Å². The molecule has 2 heterocycles. The average molecular weight is 883 g/mol. The van der Waals surface area contributed by atoms with Crippen LogP contribution >= 0.6 is 11.8 Å². The largest absolute Gasteiger partial charge is 0.410 e. The van der Waals surface area contributed by atoms with Crippen molar-refractivity contribution in [3.8, 4) is 0 Å². The fourth-order valence-electron chi connectivity index (χ4n) is 9.39. The van der Waals surface area contributed by atoms with E-state index in [-0.39, 0.29) is 12.7 Å². The average Bonchev–Trinajstić information content (AvgIpc) is 3.28. The van der Waals surface area contributed by atoms with Gasteiger partial charge in [0, 0.05) is 17.7 Å². The van der Waals surface area contributed by atoms with Crippen molar-refractivity contribution in [2.45, 2.75) is 150 Å². The molecule has 0 aromatic heterocycles.